The zero-order valence-corrected chi connectivity index (χ0v) is 10.7. The molecule has 0 saturated carbocycles. The first-order valence-electron chi connectivity index (χ1n) is 6.30. The molecule has 2 rings (SSSR count). The van der Waals surface area contributed by atoms with Gasteiger partial charge in [0.25, 0.3) is 0 Å². The van der Waals surface area contributed by atoms with Gasteiger partial charge in [0.15, 0.2) is 0 Å². The Bertz CT molecular complexity index is 544. The lowest BCUT2D eigenvalue weighted by atomic mass is 10.1. The van der Waals surface area contributed by atoms with Gasteiger partial charge in [-0.15, -0.1) is 0 Å². The first-order chi connectivity index (χ1) is 9.26. The van der Waals surface area contributed by atoms with E-state index in [9.17, 15) is 4.79 Å². The summed E-state index contributed by atoms with van der Waals surface area (Å²) in [7, 11) is 0. The minimum atomic E-state index is -0.0976. The second kappa shape index (κ2) is 6.36. The van der Waals surface area contributed by atoms with Gasteiger partial charge in [-0.1, -0.05) is 18.2 Å². The van der Waals surface area contributed by atoms with Crippen molar-refractivity contribution in [2.75, 3.05) is 26.3 Å². The molecule has 2 aromatic rings. The van der Waals surface area contributed by atoms with Gasteiger partial charge in [-0.3, -0.25) is 4.79 Å². The van der Waals surface area contributed by atoms with E-state index in [4.69, 9.17) is 10.2 Å². The summed E-state index contributed by atoms with van der Waals surface area (Å²) in [4.78, 5) is 16.7. The maximum absolute atomic E-state index is 12.1. The van der Waals surface area contributed by atoms with Crippen molar-refractivity contribution >= 4 is 16.8 Å². The summed E-state index contributed by atoms with van der Waals surface area (Å²) in [6.07, 6.45) is 2.10. The Balaban J connectivity index is 2.13. The number of benzene rings is 1. The molecule has 1 aromatic carbocycles. The molecule has 0 saturated heterocycles. The molecular weight excluding hydrogens is 244 g/mol. The monoisotopic (exact) mass is 262 g/mol. The van der Waals surface area contributed by atoms with Crippen LogP contribution in [-0.4, -0.2) is 52.3 Å². The van der Waals surface area contributed by atoms with Gasteiger partial charge in [0, 0.05) is 30.2 Å². The molecule has 0 aliphatic carbocycles. The summed E-state index contributed by atoms with van der Waals surface area (Å²) in [5, 5.41) is 18.9. The summed E-state index contributed by atoms with van der Waals surface area (Å²) in [6.45, 7) is 0.308. The van der Waals surface area contributed by atoms with Crippen molar-refractivity contribution in [2.45, 2.75) is 6.42 Å². The van der Waals surface area contributed by atoms with Crippen molar-refractivity contribution in [2.24, 2.45) is 0 Å². The normalized spacial score (nSPS) is 10.8. The number of para-hydroxylation sites is 1. The number of hydrogen-bond acceptors (Lipinski definition) is 3. The van der Waals surface area contributed by atoms with Crippen molar-refractivity contribution < 1.29 is 15.0 Å². The lowest BCUT2D eigenvalue weighted by Crippen LogP contribution is -2.36. The van der Waals surface area contributed by atoms with Crippen LogP contribution in [0.2, 0.25) is 0 Å². The third kappa shape index (κ3) is 3.13. The Morgan fingerprint density at radius 3 is 2.53 bits per heavy atom. The molecule has 5 nitrogen and oxygen atoms in total. The predicted octanol–water partition coefficient (Wildman–Crippen LogP) is 0.524. The molecule has 0 aliphatic rings. The lowest BCUT2D eigenvalue weighted by molar-refractivity contribution is -0.131. The molecule has 102 valence electrons. The van der Waals surface area contributed by atoms with Gasteiger partial charge < -0.3 is 20.1 Å². The summed E-state index contributed by atoms with van der Waals surface area (Å²) < 4.78 is 0. The fraction of sp³-hybridized carbons (Fsp3) is 0.357. The number of hydrogen-bond donors (Lipinski definition) is 3. The highest BCUT2D eigenvalue weighted by Gasteiger charge is 2.15. The fourth-order valence-electron chi connectivity index (χ4n) is 2.16. The van der Waals surface area contributed by atoms with Gasteiger partial charge in [0.1, 0.15) is 0 Å². The highest BCUT2D eigenvalue weighted by Crippen LogP contribution is 2.18. The van der Waals surface area contributed by atoms with Crippen LogP contribution in [0.25, 0.3) is 10.9 Å². The van der Waals surface area contributed by atoms with Crippen molar-refractivity contribution in [1.82, 2.24) is 9.88 Å². The summed E-state index contributed by atoms with van der Waals surface area (Å²) >= 11 is 0. The standard InChI is InChI=1S/C14H18N2O3/c17-7-5-16(6-8-18)14(19)9-11-10-15-13-4-2-1-3-12(11)13/h1-4,10,15,17-18H,5-9H2. The van der Waals surface area contributed by atoms with Crippen LogP contribution in [0.4, 0.5) is 0 Å². The number of rotatable bonds is 6. The van der Waals surface area contributed by atoms with E-state index < -0.39 is 0 Å². The molecule has 3 N–H and O–H groups in total. The van der Waals surface area contributed by atoms with Crippen LogP contribution >= 0.6 is 0 Å². The van der Waals surface area contributed by atoms with E-state index in [0.717, 1.165) is 16.5 Å². The highest BCUT2D eigenvalue weighted by molar-refractivity contribution is 5.88. The smallest absolute Gasteiger partial charge is 0.227 e. The van der Waals surface area contributed by atoms with Gasteiger partial charge >= 0.3 is 0 Å². The van der Waals surface area contributed by atoms with Crippen LogP contribution in [0, 0.1) is 0 Å². The van der Waals surface area contributed by atoms with Crippen molar-refractivity contribution in [3.8, 4) is 0 Å². The summed E-state index contributed by atoms with van der Waals surface area (Å²) in [5.41, 5.74) is 1.93. The fourth-order valence-corrected chi connectivity index (χ4v) is 2.16. The number of carbonyl (C=O) groups excluding carboxylic acids is 1. The Labute approximate surface area is 111 Å². The zero-order chi connectivity index (χ0) is 13.7. The maximum atomic E-state index is 12.1. The third-order valence-corrected chi connectivity index (χ3v) is 3.11. The topological polar surface area (TPSA) is 76.6 Å². The van der Waals surface area contributed by atoms with Crippen LogP contribution in [0.15, 0.2) is 30.5 Å². The van der Waals surface area contributed by atoms with Crippen LogP contribution in [0.1, 0.15) is 5.56 Å². The molecule has 0 spiro atoms. The first-order valence-corrected chi connectivity index (χ1v) is 6.30. The Morgan fingerprint density at radius 1 is 1.16 bits per heavy atom. The number of aromatic nitrogens is 1. The zero-order valence-electron chi connectivity index (χ0n) is 10.7. The van der Waals surface area contributed by atoms with Gasteiger partial charge in [0.05, 0.1) is 19.6 Å². The molecule has 19 heavy (non-hydrogen) atoms. The number of aliphatic hydroxyl groups is 2. The number of aromatic amines is 1. The van der Waals surface area contributed by atoms with Gasteiger partial charge in [-0.2, -0.15) is 0 Å². The molecular formula is C14H18N2O3. The number of carbonyl (C=O) groups is 1. The molecule has 0 unspecified atom stereocenters. The first kappa shape index (κ1) is 13.6. The number of aliphatic hydroxyl groups excluding tert-OH is 2. The Kier molecular flexibility index (Phi) is 4.54. The molecule has 5 heteroatoms. The second-order valence-corrected chi connectivity index (χ2v) is 4.36. The van der Waals surface area contributed by atoms with E-state index in [-0.39, 0.29) is 38.6 Å². The van der Waals surface area contributed by atoms with Gasteiger partial charge in [0.2, 0.25) is 5.91 Å². The number of H-pyrrole nitrogens is 1. The van der Waals surface area contributed by atoms with Gasteiger partial charge in [-0.05, 0) is 11.6 Å². The van der Waals surface area contributed by atoms with Crippen LogP contribution < -0.4 is 0 Å². The SMILES string of the molecule is O=C(Cc1c[nH]c2ccccc12)N(CCO)CCO. The molecule has 0 atom stereocenters. The largest absolute Gasteiger partial charge is 0.395 e. The van der Waals surface area contributed by atoms with E-state index >= 15 is 0 Å². The number of nitrogens with zero attached hydrogens (tertiary/aromatic N) is 1. The maximum Gasteiger partial charge on any atom is 0.227 e. The Morgan fingerprint density at radius 2 is 1.84 bits per heavy atom. The molecule has 0 bridgehead atoms. The Hall–Kier alpha value is -1.85. The predicted molar refractivity (Wildman–Crippen MR) is 72.8 cm³/mol. The van der Waals surface area contributed by atoms with Crippen molar-refractivity contribution in [3.05, 3.63) is 36.0 Å². The molecule has 1 aromatic heterocycles. The summed E-state index contributed by atoms with van der Waals surface area (Å²) in [5.74, 6) is -0.0900. The van der Waals surface area contributed by atoms with Crippen LogP contribution in [-0.2, 0) is 11.2 Å². The average molecular weight is 262 g/mol. The third-order valence-electron chi connectivity index (χ3n) is 3.11. The quantitative estimate of drug-likeness (QED) is 0.710. The van der Waals surface area contributed by atoms with E-state index in [1.807, 2.05) is 30.5 Å². The number of amides is 1. The molecule has 0 aliphatic heterocycles. The second-order valence-electron chi connectivity index (χ2n) is 4.36. The molecule has 1 amide bonds. The number of nitrogens with one attached hydrogen (secondary N) is 1. The van der Waals surface area contributed by atoms with E-state index in [0.29, 0.717) is 0 Å². The van der Waals surface area contributed by atoms with Crippen LogP contribution in [0.3, 0.4) is 0 Å². The number of fused-ring (bicyclic) bond motifs is 1. The minimum Gasteiger partial charge on any atom is -0.395 e. The minimum absolute atomic E-state index is 0.0900. The lowest BCUT2D eigenvalue weighted by Gasteiger charge is -2.20. The van der Waals surface area contributed by atoms with Crippen LogP contribution in [0.5, 0.6) is 0 Å². The van der Waals surface area contributed by atoms with Gasteiger partial charge in [-0.25, -0.2) is 0 Å². The van der Waals surface area contributed by atoms with E-state index in [1.54, 1.807) is 0 Å². The van der Waals surface area contributed by atoms with Crippen molar-refractivity contribution in [1.29, 1.82) is 0 Å². The average Bonchev–Trinajstić information content (AvgIpc) is 2.82. The molecule has 1 heterocycles. The van der Waals surface area contributed by atoms with E-state index in [1.165, 1.54) is 4.90 Å². The summed E-state index contributed by atoms with van der Waals surface area (Å²) in [6, 6.07) is 7.80. The van der Waals surface area contributed by atoms with Crippen molar-refractivity contribution in [3.63, 3.8) is 0 Å². The molecule has 0 radical (unpaired) electrons. The highest BCUT2D eigenvalue weighted by atomic mass is 16.3. The van der Waals surface area contributed by atoms with E-state index in [2.05, 4.69) is 4.98 Å². The molecule has 0 fully saturated rings.